The van der Waals surface area contributed by atoms with Crippen LogP contribution in [0.15, 0.2) is 60.3 Å². The Bertz CT molecular complexity index is 951. The Hall–Kier alpha value is -4.10. The van der Waals surface area contributed by atoms with Crippen LogP contribution in [0.4, 0.5) is 17.1 Å². The first kappa shape index (κ1) is 18.2. The molecule has 0 unspecified atom stereocenters. The lowest BCUT2D eigenvalue weighted by Crippen LogP contribution is -2.15. The quantitative estimate of drug-likeness (QED) is 0.569. The van der Waals surface area contributed by atoms with Gasteiger partial charge < -0.3 is 16.0 Å². The molecule has 0 aliphatic heterocycles. The van der Waals surface area contributed by atoms with Crippen LogP contribution < -0.4 is 16.0 Å². The van der Waals surface area contributed by atoms with Crippen molar-refractivity contribution in [1.82, 2.24) is 0 Å². The fraction of sp³-hybridized carbons (Fsp3) is 0.0526. The molecule has 2 aromatic rings. The summed E-state index contributed by atoms with van der Waals surface area (Å²) in [4.78, 5) is 23.3. The molecule has 26 heavy (non-hydrogen) atoms. The average molecular weight is 345 g/mol. The number of nitrogens with one attached hydrogen (secondary N) is 3. The summed E-state index contributed by atoms with van der Waals surface area (Å²) >= 11 is 0. The number of nitriles is 2. The molecule has 0 saturated heterocycles. The van der Waals surface area contributed by atoms with E-state index in [2.05, 4.69) is 16.0 Å². The topological polar surface area (TPSA) is 118 Å². The van der Waals surface area contributed by atoms with Crippen molar-refractivity contribution >= 4 is 28.9 Å². The fourth-order valence-electron chi connectivity index (χ4n) is 2.07. The lowest BCUT2D eigenvalue weighted by atomic mass is 10.2. The number of benzene rings is 2. The van der Waals surface area contributed by atoms with Gasteiger partial charge in [-0.2, -0.15) is 10.5 Å². The van der Waals surface area contributed by atoms with Crippen LogP contribution in [0.5, 0.6) is 0 Å². The molecule has 3 N–H and O–H groups in total. The summed E-state index contributed by atoms with van der Waals surface area (Å²) in [5, 5.41) is 26.3. The Morgan fingerprint density at radius 3 is 2.42 bits per heavy atom. The number of carbonyl (C=O) groups excluding carboxylic acids is 2. The second-order valence-electron chi connectivity index (χ2n) is 5.19. The molecular formula is C19H15N5O2. The maximum atomic E-state index is 12.2. The van der Waals surface area contributed by atoms with Gasteiger partial charge in [0, 0.05) is 24.5 Å². The van der Waals surface area contributed by atoms with Gasteiger partial charge in [-0.3, -0.25) is 9.59 Å². The molecule has 2 rings (SSSR count). The zero-order valence-corrected chi connectivity index (χ0v) is 13.9. The maximum Gasteiger partial charge on any atom is 0.267 e. The third-order valence-corrected chi connectivity index (χ3v) is 3.23. The highest BCUT2D eigenvalue weighted by Gasteiger charge is 2.11. The third kappa shape index (κ3) is 4.95. The number of hydrogen-bond donors (Lipinski definition) is 3. The SMILES string of the molecule is CC(=O)Nc1cccc(N/C=C(/C#N)C(=O)Nc2ccccc2C#N)c1. The Kier molecular flexibility index (Phi) is 6.08. The molecule has 2 aromatic carbocycles. The summed E-state index contributed by atoms with van der Waals surface area (Å²) in [6.45, 7) is 1.40. The predicted molar refractivity (Wildman–Crippen MR) is 97.9 cm³/mol. The molecule has 0 heterocycles. The van der Waals surface area contributed by atoms with Crippen molar-refractivity contribution in [2.45, 2.75) is 6.92 Å². The zero-order chi connectivity index (χ0) is 18.9. The number of hydrogen-bond acceptors (Lipinski definition) is 5. The van der Waals surface area contributed by atoms with Crippen molar-refractivity contribution in [3.8, 4) is 12.1 Å². The third-order valence-electron chi connectivity index (χ3n) is 3.23. The van der Waals surface area contributed by atoms with Crippen LogP contribution in [-0.2, 0) is 9.59 Å². The van der Waals surface area contributed by atoms with Crippen molar-refractivity contribution < 1.29 is 9.59 Å². The first-order valence-corrected chi connectivity index (χ1v) is 7.58. The van der Waals surface area contributed by atoms with E-state index in [4.69, 9.17) is 5.26 Å². The van der Waals surface area contributed by atoms with Crippen LogP contribution in [0.25, 0.3) is 0 Å². The van der Waals surface area contributed by atoms with E-state index in [1.54, 1.807) is 48.5 Å². The minimum Gasteiger partial charge on any atom is -0.360 e. The molecular weight excluding hydrogens is 330 g/mol. The Labute approximate surface area is 150 Å². The van der Waals surface area contributed by atoms with Gasteiger partial charge in [0.2, 0.25) is 5.91 Å². The second kappa shape index (κ2) is 8.67. The normalized spacial score (nSPS) is 10.2. The van der Waals surface area contributed by atoms with E-state index in [-0.39, 0.29) is 11.5 Å². The maximum absolute atomic E-state index is 12.2. The molecule has 0 saturated carbocycles. The van der Waals surface area contributed by atoms with E-state index < -0.39 is 5.91 Å². The van der Waals surface area contributed by atoms with Crippen molar-refractivity contribution in [3.05, 3.63) is 65.9 Å². The van der Waals surface area contributed by atoms with Crippen LogP contribution >= 0.6 is 0 Å². The molecule has 7 heteroatoms. The van der Waals surface area contributed by atoms with Gasteiger partial charge in [0.1, 0.15) is 17.7 Å². The van der Waals surface area contributed by atoms with Gasteiger partial charge in [-0.15, -0.1) is 0 Å². The van der Waals surface area contributed by atoms with Gasteiger partial charge in [-0.1, -0.05) is 18.2 Å². The summed E-state index contributed by atoms with van der Waals surface area (Å²) in [5.41, 5.74) is 1.64. The first-order valence-electron chi connectivity index (χ1n) is 7.58. The standard InChI is InChI=1S/C19H15N5O2/c1-13(25)23-17-7-4-6-16(9-17)22-12-15(11-21)19(26)24-18-8-3-2-5-14(18)10-20/h2-9,12,22H,1H3,(H,23,25)(H,24,26)/b15-12-. The van der Waals surface area contributed by atoms with E-state index in [1.165, 1.54) is 13.1 Å². The van der Waals surface area contributed by atoms with Gasteiger partial charge in [0.25, 0.3) is 5.91 Å². The highest BCUT2D eigenvalue weighted by molar-refractivity contribution is 6.07. The summed E-state index contributed by atoms with van der Waals surface area (Å²) in [5.74, 6) is -0.841. The minimum atomic E-state index is -0.638. The molecule has 128 valence electrons. The van der Waals surface area contributed by atoms with Gasteiger partial charge in [0.15, 0.2) is 0 Å². The molecule has 0 aromatic heterocycles. The van der Waals surface area contributed by atoms with E-state index in [1.807, 2.05) is 12.1 Å². The smallest absolute Gasteiger partial charge is 0.267 e. The van der Waals surface area contributed by atoms with E-state index >= 15 is 0 Å². The van der Waals surface area contributed by atoms with Crippen LogP contribution in [0.1, 0.15) is 12.5 Å². The van der Waals surface area contributed by atoms with Crippen LogP contribution in [0.3, 0.4) is 0 Å². The number of amides is 2. The summed E-state index contributed by atoms with van der Waals surface area (Å²) in [7, 11) is 0. The Balaban J connectivity index is 2.13. The van der Waals surface area contributed by atoms with Crippen molar-refractivity contribution in [2.24, 2.45) is 0 Å². The number of para-hydroxylation sites is 1. The van der Waals surface area contributed by atoms with Crippen molar-refractivity contribution in [1.29, 1.82) is 10.5 Å². The Morgan fingerprint density at radius 1 is 1.00 bits per heavy atom. The molecule has 0 aliphatic carbocycles. The van der Waals surface area contributed by atoms with Gasteiger partial charge in [-0.05, 0) is 30.3 Å². The predicted octanol–water partition coefficient (Wildman–Crippen LogP) is 2.97. The molecule has 0 bridgehead atoms. The molecule has 0 aliphatic rings. The van der Waals surface area contributed by atoms with Crippen molar-refractivity contribution in [2.75, 3.05) is 16.0 Å². The highest BCUT2D eigenvalue weighted by Crippen LogP contribution is 2.17. The summed E-state index contributed by atoms with van der Waals surface area (Å²) in [6.07, 6.45) is 1.26. The van der Waals surface area contributed by atoms with E-state index in [0.717, 1.165) is 0 Å². The van der Waals surface area contributed by atoms with Gasteiger partial charge >= 0.3 is 0 Å². The van der Waals surface area contributed by atoms with Crippen LogP contribution in [0, 0.1) is 22.7 Å². The number of nitrogens with zero attached hydrogens (tertiary/aromatic N) is 2. The second-order valence-corrected chi connectivity index (χ2v) is 5.19. The lowest BCUT2D eigenvalue weighted by Gasteiger charge is -2.07. The molecule has 0 radical (unpaired) electrons. The molecule has 2 amide bonds. The minimum absolute atomic E-state index is 0.164. The lowest BCUT2D eigenvalue weighted by molar-refractivity contribution is -0.114. The first-order chi connectivity index (χ1) is 12.5. The summed E-state index contributed by atoms with van der Waals surface area (Å²) < 4.78 is 0. The number of rotatable bonds is 5. The monoisotopic (exact) mass is 345 g/mol. The van der Waals surface area contributed by atoms with Crippen LogP contribution in [0.2, 0.25) is 0 Å². The Morgan fingerprint density at radius 2 is 1.73 bits per heavy atom. The highest BCUT2D eigenvalue weighted by atomic mass is 16.2. The molecule has 7 nitrogen and oxygen atoms in total. The molecule has 0 fully saturated rings. The molecule has 0 spiro atoms. The van der Waals surface area contributed by atoms with Gasteiger partial charge in [-0.25, -0.2) is 0 Å². The summed E-state index contributed by atoms with van der Waals surface area (Å²) in [6, 6.07) is 17.1. The van der Waals surface area contributed by atoms with E-state index in [9.17, 15) is 14.9 Å². The van der Waals surface area contributed by atoms with Crippen LogP contribution in [-0.4, -0.2) is 11.8 Å². The largest absolute Gasteiger partial charge is 0.360 e. The number of carbonyl (C=O) groups is 2. The van der Waals surface area contributed by atoms with Gasteiger partial charge in [0.05, 0.1) is 11.3 Å². The van der Waals surface area contributed by atoms with E-state index in [0.29, 0.717) is 22.6 Å². The average Bonchev–Trinajstić information content (AvgIpc) is 2.62. The zero-order valence-electron chi connectivity index (χ0n) is 13.9. The molecule has 0 atom stereocenters. The number of anilines is 3. The fourth-order valence-corrected chi connectivity index (χ4v) is 2.07. The van der Waals surface area contributed by atoms with Crippen molar-refractivity contribution in [3.63, 3.8) is 0 Å².